The molecule has 1 saturated carbocycles. The van der Waals surface area contributed by atoms with Crippen LogP contribution in [-0.4, -0.2) is 22.3 Å². The van der Waals surface area contributed by atoms with Gasteiger partial charge in [-0.1, -0.05) is 37.0 Å². The lowest BCUT2D eigenvalue weighted by Crippen LogP contribution is -2.27. The van der Waals surface area contributed by atoms with Crippen LogP contribution in [0, 0.1) is 6.92 Å². The van der Waals surface area contributed by atoms with Gasteiger partial charge in [-0.3, -0.25) is 4.21 Å². The molecule has 20 heavy (non-hydrogen) atoms. The molecule has 1 aromatic carbocycles. The lowest BCUT2D eigenvalue weighted by atomic mass is 10.0. The average Bonchev–Trinajstić information content (AvgIpc) is 2.48. The lowest BCUT2D eigenvalue weighted by Gasteiger charge is -2.23. The second kappa shape index (κ2) is 7.23. The van der Waals surface area contributed by atoms with E-state index < -0.39 is 10.8 Å². The van der Waals surface area contributed by atoms with Crippen molar-refractivity contribution in [2.75, 3.05) is 12.9 Å². The number of rotatable bonds is 5. The van der Waals surface area contributed by atoms with E-state index >= 15 is 0 Å². The molecule has 2 N–H and O–H groups in total. The van der Waals surface area contributed by atoms with Crippen LogP contribution < -0.4 is 10.5 Å². The summed E-state index contributed by atoms with van der Waals surface area (Å²) < 4.78 is 17.8. The van der Waals surface area contributed by atoms with Crippen LogP contribution in [0.1, 0.15) is 49.3 Å². The summed E-state index contributed by atoms with van der Waals surface area (Å²) >= 11 is 0. The van der Waals surface area contributed by atoms with E-state index in [2.05, 4.69) is 0 Å². The molecule has 0 spiro atoms. The van der Waals surface area contributed by atoms with Crippen molar-refractivity contribution < 1.29 is 8.95 Å². The van der Waals surface area contributed by atoms with Gasteiger partial charge in [-0.25, -0.2) is 0 Å². The van der Waals surface area contributed by atoms with Crippen LogP contribution in [0.4, 0.5) is 0 Å². The Labute approximate surface area is 124 Å². The SMILES string of the molecule is COc1ccc(C)cc1C(N)CS(=O)C1CCCCC1. The quantitative estimate of drug-likeness (QED) is 0.908. The number of aryl methyl sites for hydroxylation is 1. The summed E-state index contributed by atoms with van der Waals surface area (Å²) in [4.78, 5) is 0. The Balaban J connectivity index is 2.05. The first-order valence-corrected chi connectivity index (χ1v) is 8.77. The molecule has 0 heterocycles. The Kier molecular flexibility index (Phi) is 5.61. The summed E-state index contributed by atoms with van der Waals surface area (Å²) in [6.45, 7) is 2.04. The third kappa shape index (κ3) is 3.83. The molecule has 0 aliphatic heterocycles. The molecule has 0 saturated heterocycles. The highest BCUT2D eigenvalue weighted by Crippen LogP contribution is 2.28. The highest BCUT2D eigenvalue weighted by atomic mass is 32.2. The Bertz CT molecular complexity index is 470. The van der Waals surface area contributed by atoms with E-state index in [1.165, 1.54) is 19.3 Å². The Morgan fingerprint density at radius 3 is 2.70 bits per heavy atom. The zero-order valence-corrected chi connectivity index (χ0v) is 13.2. The van der Waals surface area contributed by atoms with Crippen molar-refractivity contribution in [3.8, 4) is 5.75 Å². The van der Waals surface area contributed by atoms with Gasteiger partial charge in [0.1, 0.15) is 5.75 Å². The molecular weight excluding hydrogens is 270 g/mol. The van der Waals surface area contributed by atoms with Crippen LogP contribution in [0.3, 0.4) is 0 Å². The maximum Gasteiger partial charge on any atom is 0.123 e. The summed E-state index contributed by atoms with van der Waals surface area (Å²) in [5.41, 5.74) is 8.40. The number of hydrogen-bond acceptors (Lipinski definition) is 3. The van der Waals surface area contributed by atoms with E-state index in [-0.39, 0.29) is 6.04 Å². The third-order valence-electron chi connectivity index (χ3n) is 4.05. The van der Waals surface area contributed by atoms with E-state index in [1.807, 2.05) is 25.1 Å². The Hall–Kier alpha value is -0.870. The van der Waals surface area contributed by atoms with E-state index in [9.17, 15) is 4.21 Å². The van der Waals surface area contributed by atoms with Crippen LogP contribution >= 0.6 is 0 Å². The van der Waals surface area contributed by atoms with Gasteiger partial charge in [0.15, 0.2) is 0 Å². The first-order valence-electron chi connectivity index (χ1n) is 7.39. The summed E-state index contributed by atoms with van der Waals surface area (Å²) in [6.07, 6.45) is 5.87. The molecule has 1 aliphatic rings. The van der Waals surface area contributed by atoms with Gasteiger partial charge in [0, 0.05) is 33.4 Å². The summed E-state index contributed by atoms with van der Waals surface area (Å²) in [5.74, 6) is 1.33. The fraction of sp³-hybridized carbons (Fsp3) is 0.625. The molecule has 0 aromatic heterocycles. The van der Waals surface area contributed by atoms with Crippen LogP contribution in [0.5, 0.6) is 5.75 Å². The van der Waals surface area contributed by atoms with Gasteiger partial charge in [0.05, 0.1) is 7.11 Å². The molecular formula is C16H25NO2S. The van der Waals surface area contributed by atoms with Gasteiger partial charge < -0.3 is 10.5 Å². The van der Waals surface area contributed by atoms with Gasteiger partial charge >= 0.3 is 0 Å². The maximum atomic E-state index is 12.5. The van der Waals surface area contributed by atoms with E-state index in [4.69, 9.17) is 10.5 Å². The van der Waals surface area contributed by atoms with Crippen molar-refractivity contribution in [2.24, 2.45) is 5.73 Å². The van der Waals surface area contributed by atoms with Gasteiger partial charge in [-0.15, -0.1) is 0 Å². The van der Waals surface area contributed by atoms with E-state index in [0.717, 1.165) is 29.7 Å². The highest BCUT2D eigenvalue weighted by molar-refractivity contribution is 7.85. The molecule has 4 heteroatoms. The van der Waals surface area contributed by atoms with Gasteiger partial charge in [0.2, 0.25) is 0 Å². The molecule has 3 nitrogen and oxygen atoms in total. The monoisotopic (exact) mass is 295 g/mol. The van der Waals surface area contributed by atoms with E-state index in [0.29, 0.717) is 11.0 Å². The average molecular weight is 295 g/mol. The number of hydrogen-bond donors (Lipinski definition) is 1. The largest absolute Gasteiger partial charge is 0.496 e. The highest BCUT2D eigenvalue weighted by Gasteiger charge is 2.23. The minimum absolute atomic E-state index is 0.215. The predicted octanol–water partition coefficient (Wildman–Crippen LogP) is 3.08. The molecule has 0 amide bonds. The normalized spacial score (nSPS) is 19.6. The minimum atomic E-state index is -0.834. The first kappa shape index (κ1) is 15.5. The molecule has 2 unspecified atom stereocenters. The summed E-state index contributed by atoms with van der Waals surface area (Å²) in [5, 5.41) is 0.339. The number of benzene rings is 1. The number of methoxy groups -OCH3 is 1. The fourth-order valence-electron chi connectivity index (χ4n) is 2.87. The molecule has 0 radical (unpaired) electrons. The Morgan fingerprint density at radius 1 is 1.35 bits per heavy atom. The zero-order valence-electron chi connectivity index (χ0n) is 12.4. The zero-order chi connectivity index (χ0) is 14.5. The van der Waals surface area contributed by atoms with Crippen molar-refractivity contribution >= 4 is 10.8 Å². The second-order valence-electron chi connectivity index (χ2n) is 5.66. The van der Waals surface area contributed by atoms with Crippen molar-refractivity contribution in [3.05, 3.63) is 29.3 Å². The topological polar surface area (TPSA) is 52.3 Å². The predicted molar refractivity (Wildman–Crippen MR) is 84.5 cm³/mol. The molecule has 112 valence electrons. The van der Waals surface area contributed by atoms with Crippen molar-refractivity contribution in [1.29, 1.82) is 0 Å². The Morgan fingerprint density at radius 2 is 2.05 bits per heavy atom. The molecule has 1 aromatic rings. The lowest BCUT2D eigenvalue weighted by molar-refractivity contribution is 0.407. The fourth-order valence-corrected chi connectivity index (χ4v) is 4.54. The number of ether oxygens (including phenoxy) is 1. The summed E-state index contributed by atoms with van der Waals surface area (Å²) in [6, 6.07) is 5.77. The molecule has 2 atom stereocenters. The van der Waals surface area contributed by atoms with Gasteiger partial charge in [0.25, 0.3) is 0 Å². The van der Waals surface area contributed by atoms with Crippen molar-refractivity contribution in [3.63, 3.8) is 0 Å². The van der Waals surface area contributed by atoms with Gasteiger partial charge in [-0.05, 0) is 25.8 Å². The van der Waals surface area contributed by atoms with Crippen LogP contribution in [-0.2, 0) is 10.8 Å². The standard InChI is InChI=1S/C16H25NO2S/c1-12-8-9-16(19-2)14(10-12)15(17)11-20(18)13-6-4-3-5-7-13/h8-10,13,15H,3-7,11,17H2,1-2H3. The van der Waals surface area contributed by atoms with Crippen molar-refractivity contribution in [1.82, 2.24) is 0 Å². The molecule has 1 aliphatic carbocycles. The van der Waals surface area contributed by atoms with Crippen molar-refractivity contribution in [2.45, 2.75) is 50.3 Å². The maximum absolute atomic E-state index is 12.5. The number of nitrogens with two attached hydrogens (primary N) is 1. The molecule has 1 fully saturated rings. The van der Waals surface area contributed by atoms with E-state index in [1.54, 1.807) is 7.11 Å². The first-order chi connectivity index (χ1) is 9.61. The van der Waals surface area contributed by atoms with Crippen LogP contribution in [0.25, 0.3) is 0 Å². The smallest absolute Gasteiger partial charge is 0.123 e. The van der Waals surface area contributed by atoms with Crippen LogP contribution in [0.2, 0.25) is 0 Å². The summed E-state index contributed by atoms with van der Waals surface area (Å²) in [7, 11) is 0.817. The minimum Gasteiger partial charge on any atom is -0.496 e. The molecule has 2 rings (SSSR count). The van der Waals surface area contributed by atoms with Gasteiger partial charge in [-0.2, -0.15) is 0 Å². The second-order valence-corrected chi connectivity index (χ2v) is 7.42. The van der Waals surface area contributed by atoms with Crippen LogP contribution in [0.15, 0.2) is 18.2 Å². The third-order valence-corrected chi connectivity index (χ3v) is 5.96. The molecule has 0 bridgehead atoms.